The molecular formula is C53H101N2O6P. The van der Waals surface area contributed by atoms with E-state index in [1.807, 2.05) is 27.2 Å². The second-order valence-electron chi connectivity index (χ2n) is 18.9. The Bertz CT molecular complexity index is 1150. The number of likely N-dealkylation sites (N-methyl/N-ethyl adjacent to an activating group) is 1. The van der Waals surface area contributed by atoms with Crippen LogP contribution in [0.1, 0.15) is 232 Å². The van der Waals surface area contributed by atoms with Gasteiger partial charge in [0, 0.05) is 6.42 Å². The molecule has 9 heteroatoms. The van der Waals surface area contributed by atoms with E-state index in [-0.39, 0.29) is 12.5 Å². The molecule has 0 aliphatic heterocycles. The van der Waals surface area contributed by atoms with Gasteiger partial charge in [0.05, 0.1) is 39.9 Å². The molecule has 0 bridgehead atoms. The van der Waals surface area contributed by atoms with Crippen molar-refractivity contribution in [1.29, 1.82) is 0 Å². The number of quaternary nitrogens is 1. The minimum atomic E-state index is -4.61. The lowest BCUT2D eigenvalue weighted by Gasteiger charge is -2.29. The Kier molecular flexibility index (Phi) is 43.5. The molecule has 8 nitrogen and oxygen atoms in total. The van der Waals surface area contributed by atoms with Gasteiger partial charge in [-0.15, -0.1) is 0 Å². The van der Waals surface area contributed by atoms with E-state index in [2.05, 4.69) is 55.6 Å². The highest BCUT2D eigenvalue weighted by atomic mass is 31.2. The number of hydrogen-bond acceptors (Lipinski definition) is 6. The van der Waals surface area contributed by atoms with E-state index in [4.69, 9.17) is 9.05 Å². The molecule has 0 aliphatic rings. The predicted molar refractivity (Wildman–Crippen MR) is 265 cm³/mol. The summed E-state index contributed by atoms with van der Waals surface area (Å²) in [6.07, 6.45) is 57.5. The molecule has 0 saturated heterocycles. The normalized spacial score (nSPS) is 14.5. The largest absolute Gasteiger partial charge is 0.756 e. The first-order chi connectivity index (χ1) is 30.0. The maximum Gasteiger partial charge on any atom is 0.268 e. The minimum absolute atomic E-state index is 0.0113. The fourth-order valence-corrected chi connectivity index (χ4v) is 8.08. The number of amides is 1. The van der Waals surface area contributed by atoms with Crippen molar-refractivity contribution in [2.45, 2.75) is 244 Å². The fraction of sp³-hybridized carbons (Fsp3) is 0.830. The van der Waals surface area contributed by atoms with Crippen LogP contribution in [-0.2, 0) is 18.4 Å². The van der Waals surface area contributed by atoms with Crippen LogP contribution in [0.4, 0.5) is 0 Å². The average Bonchev–Trinajstić information content (AvgIpc) is 3.23. The number of nitrogens with zero attached hydrogens (tertiary/aromatic N) is 1. The zero-order chi connectivity index (χ0) is 45.7. The van der Waals surface area contributed by atoms with Crippen LogP contribution in [0.3, 0.4) is 0 Å². The van der Waals surface area contributed by atoms with E-state index in [0.29, 0.717) is 17.4 Å². The first kappa shape index (κ1) is 60.5. The quantitative estimate of drug-likeness (QED) is 0.0273. The molecule has 0 aromatic carbocycles. The lowest BCUT2D eigenvalue weighted by molar-refractivity contribution is -0.870. The lowest BCUT2D eigenvalue weighted by atomic mass is 10.0. The van der Waals surface area contributed by atoms with Crippen LogP contribution < -0.4 is 10.2 Å². The summed E-state index contributed by atoms with van der Waals surface area (Å²) >= 11 is 0. The van der Waals surface area contributed by atoms with E-state index in [9.17, 15) is 19.4 Å². The number of carbonyl (C=O) groups is 1. The number of aliphatic hydroxyl groups is 1. The first-order valence-electron chi connectivity index (χ1n) is 26.0. The summed E-state index contributed by atoms with van der Waals surface area (Å²) in [5.41, 5.74) is 0. The Balaban J connectivity index is 4.36. The molecular weight excluding hydrogens is 792 g/mol. The van der Waals surface area contributed by atoms with Gasteiger partial charge in [-0.2, -0.15) is 0 Å². The van der Waals surface area contributed by atoms with E-state index < -0.39 is 26.6 Å². The second kappa shape index (κ2) is 44.7. The van der Waals surface area contributed by atoms with Gasteiger partial charge in [0.1, 0.15) is 13.2 Å². The molecule has 3 unspecified atom stereocenters. The minimum Gasteiger partial charge on any atom is -0.756 e. The number of hydrogen-bond donors (Lipinski definition) is 2. The fourth-order valence-electron chi connectivity index (χ4n) is 7.36. The molecule has 0 aliphatic carbocycles. The van der Waals surface area contributed by atoms with Crippen LogP contribution in [0.5, 0.6) is 0 Å². The zero-order valence-corrected chi connectivity index (χ0v) is 42.2. The van der Waals surface area contributed by atoms with Crippen molar-refractivity contribution in [3.05, 3.63) is 48.6 Å². The molecule has 2 N–H and O–H groups in total. The standard InChI is InChI=1S/C53H101N2O6P/c1-6-8-10-12-14-16-18-20-22-23-24-25-26-27-28-29-30-31-33-34-36-38-40-42-44-46-52(56)51(50-61-62(58,59)60-49-48-55(3,4)5)54-53(57)47-45-43-41-39-37-35-32-21-19-17-15-13-11-9-7-2/h21,30-32,36,38,44,46,51-52,56H,6-20,22-29,33-35,37,39-43,45,47-50H2,1-5H3,(H-,54,57,58,59)/b31-30+,32-21-,38-36+,46-44+. The number of unbranched alkanes of at least 4 members (excludes halogenated alkanes) is 28. The molecule has 0 heterocycles. The van der Waals surface area contributed by atoms with E-state index in [1.54, 1.807) is 6.08 Å². The van der Waals surface area contributed by atoms with Crippen molar-refractivity contribution in [2.75, 3.05) is 40.9 Å². The predicted octanol–water partition coefficient (Wildman–Crippen LogP) is 14.6. The molecule has 0 spiro atoms. The van der Waals surface area contributed by atoms with Gasteiger partial charge < -0.3 is 28.8 Å². The van der Waals surface area contributed by atoms with Crippen LogP contribution in [0.25, 0.3) is 0 Å². The number of rotatable bonds is 47. The molecule has 0 fully saturated rings. The number of allylic oxidation sites excluding steroid dienone is 7. The average molecular weight is 893 g/mol. The Morgan fingerprint density at radius 2 is 0.903 bits per heavy atom. The summed E-state index contributed by atoms with van der Waals surface area (Å²) in [5, 5.41) is 13.8. The third-order valence-electron chi connectivity index (χ3n) is 11.5. The summed E-state index contributed by atoms with van der Waals surface area (Å²) in [6.45, 7) is 4.61. The lowest BCUT2D eigenvalue weighted by Crippen LogP contribution is -2.45. The smallest absolute Gasteiger partial charge is 0.268 e. The summed E-state index contributed by atoms with van der Waals surface area (Å²) in [7, 11) is 1.23. The molecule has 3 atom stereocenters. The molecule has 364 valence electrons. The van der Waals surface area contributed by atoms with Gasteiger partial charge in [-0.25, -0.2) is 0 Å². The molecule has 0 radical (unpaired) electrons. The van der Waals surface area contributed by atoms with Gasteiger partial charge in [-0.3, -0.25) is 9.36 Å². The van der Waals surface area contributed by atoms with Crippen LogP contribution in [-0.4, -0.2) is 68.5 Å². The summed E-state index contributed by atoms with van der Waals surface area (Å²) < 4.78 is 23.2. The zero-order valence-electron chi connectivity index (χ0n) is 41.3. The van der Waals surface area contributed by atoms with E-state index in [1.165, 1.54) is 148 Å². The second-order valence-corrected chi connectivity index (χ2v) is 20.3. The Labute approximate surface area is 384 Å². The highest BCUT2D eigenvalue weighted by molar-refractivity contribution is 7.45. The Hall–Kier alpha value is -1.54. The highest BCUT2D eigenvalue weighted by Crippen LogP contribution is 2.38. The van der Waals surface area contributed by atoms with E-state index >= 15 is 0 Å². The van der Waals surface area contributed by atoms with Crippen LogP contribution >= 0.6 is 7.82 Å². The maximum atomic E-state index is 12.9. The van der Waals surface area contributed by atoms with Crippen LogP contribution in [0, 0.1) is 0 Å². The molecule has 0 aromatic heterocycles. The molecule has 0 rings (SSSR count). The van der Waals surface area contributed by atoms with Crippen molar-refractivity contribution >= 4 is 13.7 Å². The molecule has 0 aromatic rings. The van der Waals surface area contributed by atoms with Crippen molar-refractivity contribution < 1.29 is 32.9 Å². The van der Waals surface area contributed by atoms with Crippen LogP contribution in [0.15, 0.2) is 48.6 Å². The van der Waals surface area contributed by atoms with E-state index in [0.717, 1.165) is 64.2 Å². The number of phosphoric ester groups is 1. The van der Waals surface area contributed by atoms with Gasteiger partial charge in [0.25, 0.3) is 7.82 Å². The molecule has 0 saturated carbocycles. The number of nitrogens with one attached hydrogen (secondary N) is 1. The van der Waals surface area contributed by atoms with Crippen molar-refractivity contribution in [3.8, 4) is 0 Å². The maximum absolute atomic E-state index is 12.9. The van der Waals surface area contributed by atoms with Gasteiger partial charge in [0.2, 0.25) is 5.91 Å². The van der Waals surface area contributed by atoms with Gasteiger partial charge in [-0.05, 0) is 70.6 Å². The summed E-state index contributed by atoms with van der Waals surface area (Å²) in [4.78, 5) is 25.4. The van der Waals surface area contributed by atoms with Crippen molar-refractivity contribution in [3.63, 3.8) is 0 Å². The number of aliphatic hydroxyl groups excluding tert-OH is 1. The first-order valence-corrected chi connectivity index (χ1v) is 27.5. The number of phosphoric acid groups is 1. The summed E-state index contributed by atoms with van der Waals surface area (Å²) in [6, 6.07) is -0.914. The van der Waals surface area contributed by atoms with Crippen LogP contribution in [0.2, 0.25) is 0 Å². The molecule has 62 heavy (non-hydrogen) atoms. The third-order valence-corrected chi connectivity index (χ3v) is 12.5. The highest BCUT2D eigenvalue weighted by Gasteiger charge is 2.23. The Morgan fingerprint density at radius 1 is 0.548 bits per heavy atom. The van der Waals surface area contributed by atoms with Gasteiger partial charge in [-0.1, -0.05) is 204 Å². The molecule has 1 amide bonds. The van der Waals surface area contributed by atoms with Crippen molar-refractivity contribution in [1.82, 2.24) is 5.32 Å². The summed E-state index contributed by atoms with van der Waals surface area (Å²) in [5.74, 6) is -0.220. The topological polar surface area (TPSA) is 108 Å². The monoisotopic (exact) mass is 893 g/mol. The van der Waals surface area contributed by atoms with Gasteiger partial charge >= 0.3 is 0 Å². The number of carbonyl (C=O) groups excluding carboxylic acids is 1. The SMILES string of the molecule is CCCCCCCC/C=C\CCCCCCCC(=O)NC(COP(=O)([O-])OCC[N+](C)(C)C)C(O)/C=C/CC/C=C/CC/C=C/CCCCCCCCCCCCCCCCC. The van der Waals surface area contributed by atoms with Gasteiger partial charge in [0.15, 0.2) is 0 Å². The Morgan fingerprint density at radius 3 is 1.31 bits per heavy atom. The third kappa shape index (κ3) is 46.5. The van der Waals surface area contributed by atoms with Crippen molar-refractivity contribution in [2.24, 2.45) is 0 Å².